The molecule has 0 spiro atoms. The molecule has 0 aliphatic carbocycles. The van der Waals surface area contributed by atoms with Gasteiger partial charge in [-0.3, -0.25) is 4.79 Å². The van der Waals surface area contributed by atoms with E-state index in [0.717, 1.165) is 26.3 Å². The summed E-state index contributed by atoms with van der Waals surface area (Å²) in [6, 6.07) is 17.4. The third-order valence-corrected chi connectivity index (χ3v) is 6.09. The van der Waals surface area contributed by atoms with Crippen molar-refractivity contribution in [1.82, 2.24) is 0 Å². The smallest absolute Gasteiger partial charge is 0.195 e. The fourth-order valence-electron chi connectivity index (χ4n) is 3.33. The number of methoxy groups -OCH3 is 3. The van der Waals surface area contributed by atoms with Gasteiger partial charge in [0.05, 0.1) is 21.3 Å². The molecule has 3 aromatic carbocycles. The maximum Gasteiger partial charge on any atom is 0.195 e. The number of ketones is 1. The van der Waals surface area contributed by atoms with Crippen molar-refractivity contribution in [3.8, 4) is 27.7 Å². The third kappa shape index (κ3) is 3.50. The number of rotatable bonds is 6. The van der Waals surface area contributed by atoms with Crippen molar-refractivity contribution in [2.24, 2.45) is 0 Å². The number of carbonyl (C=O) groups is 1. The van der Waals surface area contributed by atoms with E-state index in [1.807, 2.05) is 42.5 Å². The van der Waals surface area contributed by atoms with E-state index in [4.69, 9.17) is 14.2 Å². The zero-order valence-corrected chi connectivity index (χ0v) is 17.5. The van der Waals surface area contributed by atoms with Crippen LogP contribution in [0.3, 0.4) is 0 Å². The first-order chi connectivity index (χ1) is 14.5. The van der Waals surface area contributed by atoms with Gasteiger partial charge in [-0.15, -0.1) is 11.3 Å². The van der Waals surface area contributed by atoms with Gasteiger partial charge in [0.1, 0.15) is 11.5 Å². The van der Waals surface area contributed by atoms with Crippen LogP contribution in [-0.2, 0) is 0 Å². The van der Waals surface area contributed by atoms with Crippen molar-refractivity contribution in [2.45, 2.75) is 0 Å². The first kappa shape index (κ1) is 19.9. The number of benzene rings is 3. The lowest BCUT2D eigenvalue weighted by Crippen LogP contribution is -2.03. The summed E-state index contributed by atoms with van der Waals surface area (Å²) < 4.78 is 30.7. The average Bonchev–Trinajstić information content (AvgIpc) is 3.17. The van der Waals surface area contributed by atoms with E-state index in [0.29, 0.717) is 11.3 Å². The van der Waals surface area contributed by atoms with Crippen molar-refractivity contribution in [3.05, 3.63) is 77.6 Å². The Bertz CT molecular complexity index is 1230. The van der Waals surface area contributed by atoms with E-state index >= 15 is 0 Å². The highest BCUT2D eigenvalue weighted by atomic mass is 32.1. The molecule has 1 heterocycles. The normalized spacial score (nSPS) is 10.8. The molecule has 0 unspecified atom stereocenters. The molecule has 0 saturated heterocycles. The number of ether oxygens (including phenoxy) is 3. The van der Waals surface area contributed by atoms with Gasteiger partial charge in [-0.25, -0.2) is 4.39 Å². The summed E-state index contributed by atoms with van der Waals surface area (Å²) >= 11 is 1.49. The molecule has 152 valence electrons. The minimum atomic E-state index is -0.574. The molecule has 0 bridgehead atoms. The van der Waals surface area contributed by atoms with Crippen molar-refractivity contribution in [1.29, 1.82) is 0 Å². The fraction of sp³-hybridized carbons (Fsp3) is 0.125. The van der Waals surface area contributed by atoms with E-state index in [9.17, 15) is 9.18 Å². The highest BCUT2D eigenvalue weighted by molar-refractivity contribution is 7.22. The molecule has 0 fully saturated rings. The van der Waals surface area contributed by atoms with E-state index < -0.39 is 5.82 Å². The molecule has 0 saturated carbocycles. The monoisotopic (exact) mass is 422 g/mol. The lowest BCUT2D eigenvalue weighted by Gasteiger charge is -2.08. The predicted octanol–water partition coefficient (Wildman–Crippen LogP) is 5.96. The van der Waals surface area contributed by atoms with Gasteiger partial charge in [0.2, 0.25) is 0 Å². The highest BCUT2D eigenvalue weighted by Crippen LogP contribution is 2.41. The van der Waals surface area contributed by atoms with Crippen LogP contribution in [0, 0.1) is 5.82 Å². The fourth-order valence-corrected chi connectivity index (χ4v) is 4.56. The van der Waals surface area contributed by atoms with Crippen molar-refractivity contribution >= 4 is 27.2 Å². The minimum Gasteiger partial charge on any atom is -0.497 e. The van der Waals surface area contributed by atoms with Crippen LogP contribution < -0.4 is 14.2 Å². The van der Waals surface area contributed by atoms with Crippen LogP contribution in [0.2, 0.25) is 0 Å². The number of thiophene rings is 1. The Labute approximate surface area is 177 Å². The minimum absolute atomic E-state index is 0.0989. The molecule has 4 nitrogen and oxygen atoms in total. The van der Waals surface area contributed by atoms with Gasteiger partial charge in [-0.05, 0) is 66.2 Å². The maximum absolute atomic E-state index is 14.3. The van der Waals surface area contributed by atoms with Gasteiger partial charge >= 0.3 is 0 Å². The summed E-state index contributed by atoms with van der Waals surface area (Å²) in [6.07, 6.45) is 0. The van der Waals surface area contributed by atoms with Crippen molar-refractivity contribution in [2.75, 3.05) is 21.3 Å². The molecule has 30 heavy (non-hydrogen) atoms. The summed E-state index contributed by atoms with van der Waals surface area (Å²) in [4.78, 5) is 14.3. The second-order valence-electron chi connectivity index (χ2n) is 6.58. The lowest BCUT2D eigenvalue weighted by molar-refractivity contribution is 0.104. The lowest BCUT2D eigenvalue weighted by atomic mass is 9.97. The van der Waals surface area contributed by atoms with Crippen LogP contribution in [0.15, 0.2) is 60.7 Å². The topological polar surface area (TPSA) is 44.8 Å². The van der Waals surface area contributed by atoms with Gasteiger partial charge < -0.3 is 14.2 Å². The Kier molecular flexibility index (Phi) is 5.42. The Morgan fingerprint density at radius 2 is 1.53 bits per heavy atom. The number of fused-ring (bicyclic) bond motifs is 1. The van der Waals surface area contributed by atoms with Gasteiger partial charge in [0.25, 0.3) is 0 Å². The molecule has 4 aromatic rings. The summed E-state index contributed by atoms with van der Waals surface area (Å²) in [7, 11) is 4.60. The van der Waals surface area contributed by atoms with Crippen LogP contribution in [0.5, 0.6) is 17.2 Å². The van der Waals surface area contributed by atoms with Gasteiger partial charge in [-0.1, -0.05) is 0 Å². The van der Waals surface area contributed by atoms with Gasteiger partial charge in [-0.2, -0.15) is 0 Å². The first-order valence-corrected chi connectivity index (χ1v) is 10.0. The Morgan fingerprint density at radius 3 is 2.17 bits per heavy atom. The molecule has 0 aliphatic heterocycles. The molecule has 0 radical (unpaired) electrons. The predicted molar refractivity (Wildman–Crippen MR) is 117 cm³/mol. The van der Waals surface area contributed by atoms with Crippen molar-refractivity contribution in [3.63, 3.8) is 0 Å². The number of hydrogen-bond acceptors (Lipinski definition) is 5. The summed E-state index contributed by atoms with van der Waals surface area (Å²) in [5.74, 6) is 0.710. The number of carbonyl (C=O) groups excluding carboxylic acids is 1. The van der Waals surface area contributed by atoms with Crippen LogP contribution in [0.4, 0.5) is 4.39 Å². The SMILES string of the molecule is COc1ccc(-c2sc3cc(OC)ccc3c2C(=O)c2ccc(OC)c(F)c2)cc1. The average molecular weight is 422 g/mol. The van der Waals surface area contributed by atoms with Crippen molar-refractivity contribution < 1.29 is 23.4 Å². The summed E-state index contributed by atoms with van der Waals surface area (Å²) in [5, 5.41) is 0.799. The third-order valence-electron chi connectivity index (χ3n) is 4.89. The van der Waals surface area contributed by atoms with E-state index in [-0.39, 0.29) is 17.1 Å². The Hall–Kier alpha value is -3.38. The van der Waals surface area contributed by atoms with Crippen LogP contribution in [-0.4, -0.2) is 27.1 Å². The molecule has 1 aromatic heterocycles. The molecule has 4 rings (SSSR count). The zero-order chi connectivity index (χ0) is 21.3. The quantitative estimate of drug-likeness (QED) is 0.360. The molecule has 0 N–H and O–H groups in total. The van der Waals surface area contributed by atoms with Crippen LogP contribution >= 0.6 is 11.3 Å². The molecule has 0 aliphatic rings. The molecular weight excluding hydrogens is 403 g/mol. The second-order valence-corrected chi connectivity index (χ2v) is 7.63. The second kappa shape index (κ2) is 8.16. The van der Waals surface area contributed by atoms with Crippen LogP contribution in [0.25, 0.3) is 20.5 Å². The molecular formula is C24H19FO4S. The first-order valence-electron chi connectivity index (χ1n) is 9.19. The van der Waals surface area contributed by atoms with E-state index in [1.54, 1.807) is 20.3 Å². The zero-order valence-electron chi connectivity index (χ0n) is 16.7. The summed E-state index contributed by atoms with van der Waals surface area (Å²) in [5.41, 5.74) is 1.68. The Morgan fingerprint density at radius 1 is 0.833 bits per heavy atom. The number of hydrogen-bond donors (Lipinski definition) is 0. The largest absolute Gasteiger partial charge is 0.497 e. The highest BCUT2D eigenvalue weighted by Gasteiger charge is 2.23. The molecule has 0 atom stereocenters. The molecule has 6 heteroatoms. The number of halogens is 1. The van der Waals surface area contributed by atoms with Gasteiger partial charge in [0.15, 0.2) is 17.3 Å². The van der Waals surface area contributed by atoms with Crippen LogP contribution in [0.1, 0.15) is 15.9 Å². The summed E-state index contributed by atoms with van der Waals surface area (Å²) in [6.45, 7) is 0. The maximum atomic E-state index is 14.3. The molecule has 0 amide bonds. The standard InChI is InChI=1S/C24H19FO4S/c1-27-16-7-4-14(5-8-16)24-22(18-10-9-17(28-2)13-21(18)30-24)23(26)15-6-11-20(29-3)19(25)12-15/h4-13H,1-3H3. The van der Waals surface area contributed by atoms with E-state index in [2.05, 4.69) is 0 Å². The van der Waals surface area contributed by atoms with Gasteiger partial charge in [0, 0.05) is 26.1 Å². The van der Waals surface area contributed by atoms with E-state index in [1.165, 1.54) is 30.6 Å². The Balaban J connectivity index is 1.91.